The van der Waals surface area contributed by atoms with Gasteiger partial charge in [-0.05, 0) is 68.7 Å². The molecule has 2 amide bonds. The second-order valence-corrected chi connectivity index (χ2v) is 8.02. The number of hydrogen-bond acceptors (Lipinski definition) is 3. The van der Waals surface area contributed by atoms with Crippen molar-refractivity contribution in [1.29, 1.82) is 0 Å². The average molecular weight is 392 g/mol. The van der Waals surface area contributed by atoms with Crippen molar-refractivity contribution in [3.05, 3.63) is 59.7 Å². The quantitative estimate of drug-likeness (QED) is 0.780. The zero-order chi connectivity index (χ0) is 20.4. The highest BCUT2D eigenvalue weighted by molar-refractivity contribution is 6.06. The van der Waals surface area contributed by atoms with Crippen molar-refractivity contribution >= 4 is 23.2 Å². The van der Waals surface area contributed by atoms with Gasteiger partial charge in [0.15, 0.2) is 0 Å². The molecular formula is C24H29N3O2. The van der Waals surface area contributed by atoms with Crippen molar-refractivity contribution in [3.8, 4) is 0 Å². The first-order valence-corrected chi connectivity index (χ1v) is 10.6. The first-order valence-electron chi connectivity index (χ1n) is 10.6. The highest BCUT2D eigenvalue weighted by Crippen LogP contribution is 2.31. The van der Waals surface area contributed by atoms with Crippen LogP contribution in [0.15, 0.2) is 48.5 Å². The Labute approximate surface area is 172 Å². The van der Waals surface area contributed by atoms with Gasteiger partial charge in [-0.15, -0.1) is 0 Å². The van der Waals surface area contributed by atoms with Crippen LogP contribution in [0.5, 0.6) is 0 Å². The maximum absolute atomic E-state index is 13.0. The van der Waals surface area contributed by atoms with E-state index in [-0.39, 0.29) is 5.91 Å². The Morgan fingerprint density at radius 2 is 1.69 bits per heavy atom. The number of anilines is 2. The van der Waals surface area contributed by atoms with E-state index in [1.54, 1.807) is 0 Å². The third-order valence-corrected chi connectivity index (χ3v) is 5.87. The maximum Gasteiger partial charge on any atom is 0.258 e. The van der Waals surface area contributed by atoms with Gasteiger partial charge in [0.05, 0.1) is 0 Å². The molecule has 1 aliphatic carbocycles. The zero-order valence-electron chi connectivity index (χ0n) is 17.3. The second kappa shape index (κ2) is 8.27. The molecule has 2 aromatic rings. The smallest absolute Gasteiger partial charge is 0.258 e. The highest BCUT2D eigenvalue weighted by Gasteiger charge is 2.34. The third-order valence-electron chi connectivity index (χ3n) is 5.87. The standard InChI is InChI=1S/C24H29N3O2/c1-3-27(22-6-4-5-18(2)17-22)24(29)20-9-11-21(12-10-20)25-13-15-26(16-14-25)23(28)19-7-8-19/h4-6,9-12,17,19H,3,7-8,13-16H2,1-2H3. The fourth-order valence-corrected chi connectivity index (χ4v) is 3.98. The lowest BCUT2D eigenvalue weighted by Crippen LogP contribution is -2.49. The summed E-state index contributed by atoms with van der Waals surface area (Å²) in [5, 5.41) is 0. The molecule has 4 rings (SSSR count). The van der Waals surface area contributed by atoms with Crippen molar-refractivity contribution in [3.63, 3.8) is 0 Å². The molecule has 0 aromatic heterocycles. The molecule has 5 nitrogen and oxygen atoms in total. The summed E-state index contributed by atoms with van der Waals surface area (Å²) >= 11 is 0. The van der Waals surface area contributed by atoms with Gasteiger partial charge in [-0.2, -0.15) is 0 Å². The zero-order valence-corrected chi connectivity index (χ0v) is 17.3. The Morgan fingerprint density at radius 3 is 2.28 bits per heavy atom. The molecule has 1 saturated heterocycles. The minimum Gasteiger partial charge on any atom is -0.368 e. The number of hydrogen-bond donors (Lipinski definition) is 0. The fourth-order valence-electron chi connectivity index (χ4n) is 3.98. The minimum atomic E-state index is 0.0181. The number of nitrogens with zero attached hydrogens (tertiary/aromatic N) is 3. The van der Waals surface area contributed by atoms with Crippen LogP contribution >= 0.6 is 0 Å². The predicted octanol–water partition coefficient (Wildman–Crippen LogP) is 3.72. The lowest BCUT2D eigenvalue weighted by molar-refractivity contribution is -0.132. The van der Waals surface area contributed by atoms with Gasteiger partial charge in [-0.25, -0.2) is 0 Å². The van der Waals surface area contributed by atoms with E-state index in [1.165, 1.54) is 0 Å². The first kappa shape index (κ1) is 19.5. The van der Waals surface area contributed by atoms with E-state index < -0.39 is 0 Å². The van der Waals surface area contributed by atoms with Crippen LogP contribution in [0, 0.1) is 12.8 Å². The van der Waals surface area contributed by atoms with Gasteiger partial charge in [0.25, 0.3) is 5.91 Å². The summed E-state index contributed by atoms with van der Waals surface area (Å²) in [6, 6.07) is 15.9. The van der Waals surface area contributed by atoms with Gasteiger partial charge in [0, 0.05) is 55.6 Å². The third kappa shape index (κ3) is 4.29. The lowest BCUT2D eigenvalue weighted by atomic mass is 10.1. The molecule has 2 aromatic carbocycles. The molecule has 5 heteroatoms. The normalized spacial score (nSPS) is 16.6. The molecule has 0 bridgehead atoms. The summed E-state index contributed by atoms with van der Waals surface area (Å²) in [5.74, 6) is 0.646. The molecule has 2 fully saturated rings. The Kier molecular flexibility index (Phi) is 5.56. The van der Waals surface area contributed by atoms with Crippen LogP contribution in [0.1, 0.15) is 35.7 Å². The van der Waals surface area contributed by atoms with E-state index in [0.29, 0.717) is 23.9 Å². The van der Waals surface area contributed by atoms with Crippen LogP contribution in [0.2, 0.25) is 0 Å². The van der Waals surface area contributed by atoms with Crippen LogP contribution in [0.4, 0.5) is 11.4 Å². The summed E-state index contributed by atoms with van der Waals surface area (Å²) in [5.41, 5.74) is 3.87. The molecule has 0 unspecified atom stereocenters. The average Bonchev–Trinajstić information content (AvgIpc) is 3.59. The lowest BCUT2D eigenvalue weighted by Gasteiger charge is -2.36. The molecule has 0 atom stereocenters. The first-order chi connectivity index (χ1) is 14.1. The summed E-state index contributed by atoms with van der Waals surface area (Å²) in [6.45, 7) is 7.92. The number of benzene rings is 2. The largest absolute Gasteiger partial charge is 0.368 e. The van der Waals surface area contributed by atoms with E-state index in [9.17, 15) is 9.59 Å². The fraction of sp³-hybridized carbons (Fsp3) is 0.417. The van der Waals surface area contributed by atoms with Crippen molar-refractivity contribution in [2.45, 2.75) is 26.7 Å². The number of aryl methyl sites for hydroxylation is 1. The number of piperazine rings is 1. The number of rotatable bonds is 5. The van der Waals surface area contributed by atoms with E-state index in [1.807, 2.05) is 72.2 Å². The highest BCUT2D eigenvalue weighted by atomic mass is 16.2. The predicted molar refractivity (Wildman–Crippen MR) is 116 cm³/mol. The molecule has 0 spiro atoms. The van der Waals surface area contributed by atoms with E-state index in [4.69, 9.17) is 0 Å². The van der Waals surface area contributed by atoms with Crippen molar-refractivity contribution < 1.29 is 9.59 Å². The summed E-state index contributed by atoms with van der Waals surface area (Å²) in [7, 11) is 0. The monoisotopic (exact) mass is 391 g/mol. The van der Waals surface area contributed by atoms with Gasteiger partial charge < -0.3 is 14.7 Å². The minimum absolute atomic E-state index is 0.0181. The molecule has 0 radical (unpaired) electrons. The van der Waals surface area contributed by atoms with Crippen molar-refractivity contribution in [1.82, 2.24) is 4.90 Å². The summed E-state index contributed by atoms with van der Waals surface area (Å²) in [4.78, 5) is 31.4. The van der Waals surface area contributed by atoms with Gasteiger partial charge in [-0.1, -0.05) is 12.1 Å². The Hall–Kier alpha value is -2.82. The van der Waals surface area contributed by atoms with Gasteiger partial charge in [0.1, 0.15) is 0 Å². The van der Waals surface area contributed by atoms with E-state index in [0.717, 1.165) is 56.0 Å². The van der Waals surface area contributed by atoms with Crippen molar-refractivity contribution in [2.75, 3.05) is 42.5 Å². The van der Waals surface area contributed by atoms with Crippen LogP contribution in [0.25, 0.3) is 0 Å². The number of carbonyl (C=O) groups excluding carboxylic acids is 2. The molecule has 152 valence electrons. The molecular weight excluding hydrogens is 362 g/mol. The Morgan fingerprint density at radius 1 is 1.00 bits per heavy atom. The SMILES string of the molecule is CCN(C(=O)c1ccc(N2CCN(C(=O)C3CC3)CC2)cc1)c1cccc(C)c1. The topological polar surface area (TPSA) is 43.9 Å². The molecule has 1 saturated carbocycles. The summed E-state index contributed by atoms with van der Waals surface area (Å²) < 4.78 is 0. The molecule has 1 heterocycles. The van der Waals surface area contributed by atoms with Gasteiger partial charge >= 0.3 is 0 Å². The second-order valence-electron chi connectivity index (χ2n) is 8.02. The van der Waals surface area contributed by atoms with Crippen LogP contribution < -0.4 is 9.80 Å². The van der Waals surface area contributed by atoms with E-state index >= 15 is 0 Å². The Balaban J connectivity index is 1.41. The molecule has 0 N–H and O–H groups in total. The molecule has 1 aliphatic heterocycles. The van der Waals surface area contributed by atoms with Crippen LogP contribution in [0.3, 0.4) is 0 Å². The van der Waals surface area contributed by atoms with Gasteiger partial charge in [0.2, 0.25) is 5.91 Å². The summed E-state index contributed by atoms with van der Waals surface area (Å²) in [6.07, 6.45) is 2.12. The van der Waals surface area contributed by atoms with E-state index in [2.05, 4.69) is 4.90 Å². The molecule has 29 heavy (non-hydrogen) atoms. The van der Waals surface area contributed by atoms with Gasteiger partial charge in [-0.3, -0.25) is 9.59 Å². The Bertz CT molecular complexity index is 881. The van der Waals surface area contributed by atoms with Crippen LogP contribution in [-0.4, -0.2) is 49.4 Å². The molecule has 2 aliphatic rings. The maximum atomic E-state index is 13.0. The number of carbonyl (C=O) groups is 2. The van der Waals surface area contributed by atoms with Crippen molar-refractivity contribution in [2.24, 2.45) is 5.92 Å². The number of amides is 2. The van der Waals surface area contributed by atoms with Crippen LogP contribution in [-0.2, 0) is 4.79 Å².